The van der Waals surface area contributed by atoms with Crippen LogP contribution in [0.15, 0.2) is 47.4 Å². The average Bonchev–Trinajstić information content (AvgIpc) is 3.14. The van der Waals surface area contributed by atoms with E-state index in [1.54, 1.807) is 0 Å². The summed E-state index contributed by atoms with van der Waals surface area (Å²) in [7, 11) is -2.03. The lowest BCUT2D eigenvalue weighted by molar-refractivity contribution is -0.115. The second-order valence-electron chi connectivity index (χ2n) is 13.7. The Balaban J connectivity index is 1.46. The molecule has 4 aliphatic carbocycles. The van der Waals surface area contributed by atoms with E-state index in [-0.39, 0.29) is 21.6 Å². The summed E-state index contributed by atoms with van der Waals surface area (Å²) in [5.41, 5.74) is 4.79. The number of rotatable bonds is 5. The quantitative estimate of drug-likeness (QED) is 0.302. The molecule has 2 amide bonds. The predicted molar refractivity (Wildman–Crippen MR) is 159 cm³/mol. The fourth-order valence-corrected chi connectivity index (χ4v) is 9.22. The van der Waals surface area contributed by atoms with Crippen molar-refractivity contribution in [3.05, 3.63) is 58.5 Å². The first-order valence-corrected chi connectivity index (χ1v) is 17.8. The zero-order valence-electron chi connectivity index (χ0n) is 23.2. The molecule has 1 saturated heterocycles. The van der Waals surface area contributed by atoms with Crippen molar-refractivity contribution >= 4 is 37.3 Å². The van der Waals surface area contributed by atoms with Gasteiger partial charge in [0.1, 0.15) is 5.75 Å². The number of hydrogen-bond donors (Lipinski definition) is 1. The number of benzene rings is 2. The van der Waals surface area contributed by atoms with Gasteiger partial charge in [0.2, 0.25) is 8.32 Å². The minimum Gasteiger partial charge on any atom is -0.543 e. The number of imide groups is 1. The smallest absolute Gasteiger partial charge is 0.290 e. The summed E-state index contributed by atoms with van der Waals surface area (Å²) in [6, 6.07) is 15.0. The van der Waals surface area contributed by atoms with Gasteiger partial charge in [0.15, 0.2) is 0 Å². The molecule has 0 atom stereocenters. The second-order valence-corrected chi connectivity index (χ2v) is 19.5. The van der Waals surface area contributed by atoms with Crippen molar-refractivity contribution in [1.82, 2.24) is 5.32 Å². The monoisotopic (exact) mass is 545 g/mol. The number of carbonyl (C=O) groups excluding carboxylic acids is 2. The van der Waals surface area contributed by atoms with E-state index in [4.69, 9.17) is 4.43 Å². The van der Waals surface area contributed by atoms with E-state index in [0.717, 1.165) is 52.0 Å². The van der Waals surface area contributed by atoms with E-state index in [0.29, 0.717) is 4.91 Å². The number of thioether (sulfide) groups is 1. The minimum atomic E-state index is -2.03. The Hall–Kier alpha value is -2.31. The van der Waals surface area contributed by atoms with Gasteiger partial charge < -0.3 is 4.43 Å². The third-order valence-corrected chi connectivity index (χ3v) is 15.1. The Morgan fingerprint density at radius 2 is 1.61 bits per heavy atom. The number of nitrogens with one attached hydrogen (secondary N) is 1. The standard InChI is InChI=1S/C32H39NO3SSi/c1-31(2,3)38(4,5)36-27-11-10-24(15-26(27)32-17-20-12-21(18-32)14-22(13-20)19-32)25-9-7-6-8-23(25)16-28-29(34)33-30(35)37-28/h6-11,15-16,20-22H,12-14,17-19H2,1-5H3,(H,33,34,35). The Bertz CT molecular complexity index is 1300. The summed E-state index contributed by atoms with van der Waals surface area (Å²) < 4.78 is 7.07. The molecule has 4 nitrogen and oxygen atoms in total. The van der Waals surface area contributed by atoms with E-state index in [1.165, 1.54) is 44.1 Å². The highest BCUT2D eigenvalue weighted by molar-refractivity contribution is 8.18. The molecule has 6 heteroatoms. The maximum atomic E-state index is 12.3. The van der Waals surface area contributed by atoms with E-state index >= 15 is 0 Å². The topological polar surface area (TPSA) is 55.4 Å². The highest BCUT2D eigenvalue weighted by Gasteiger charge is 2.53. The van der Waals surface area contributed by atoms with Crippen LogP contribution in [0.5, 0.6) is 5.75 Å². The fraction of sp³-hybridized carbons (Fsp3) is 0.500. The van der Waals surface area contributed by atoms with Gasteiger partial charge in [0.25, 0.3) is 11.1 Å². The molecule has 0 spiro atoms. The highest BCUT2D eigenvalue weighted by atomic mass is 32.2. The summed E-state index contributed by atoms with van der Waals surface area (Å²) in [6.45, 7) is 11.6. The third-order valence-electron chi connectivity index (χ3n) is 9.96. The third kappa shape index (κ3) is 4.58. The molecule has 1 heterocycles. The predicted octanol–water partition coefficient (Wildman–Crippen LogP) is 8.53. The number of amides is 2. The van der Waals surface area contributed by atoms with Crippen molar-refractivity contribution < 1.29 is 14.0 Å². The Labute approximate surface area is 232 Å². The molecule has 2 aromatic carbocycles. The van der Waals surface area contributed by atoms with Gasteiger partial charge in [-0.2, -0.15) is 0 Å². The number of carbonyl (C=O) groups is 2. The van der Waals surface area contributed by atoms with E-state index in [9.17, 15) is 9.59 Å². The maximum Gasteiger partial charge on any atom is 0.290 e. The molecule has 1 aliphatic heterocycles. The fourth-order valence-electron chi connectivity index (χ4n) is 7.52. The molecule has 4 bridgehead atoms. The van der Waals surface area contributed by atoms with Gasteiger partial charge in [-0.15, -0.1) is 0 Å². The molecule has 2 aromatic rings. The highest BCUT2D eigenvalue weighted by Crippen LogP contribution is 2.62. The molecule has 5 fully saturated rings. The number of hydrogen-bond acceptors (Lipinski definition) is 4. The van der Waals surface area contributed by atoms with Crippen molar-refractivity contribution in [1.29, 1.82) is 0 Å². The van der Waals surface area contributed by atoms with Gasteiger partial charge in [0, 0.05) is 0 Å². The lowest BCUT2D eigenvalue weighted by atomic mass is 9.48. The lowest BCUT2D eigenvalue weighted by Crippen LogP contribution is -2.49. The van der Waals surface area contributed by atoms with Gasteiger partial charge in [-0.05, 0) is 132 Å². The molecule has 1 N–H and O–H groups in total. The van der Waals surface area contributed by atoms with Crippen LogP contribution >= 0.6 is 11.8 Å². The molecule has 0 radical (unpaired) electrons. The summed E-state index contributed by atoms with van der Waals surface area (Å²) >= 11 is 0.971. The normalized spacial score (nSPS) is 29.7. The molecule has 5 aliphatic rings. The van der Waals surface area contributed by atoms with Crippen LogP contribution in [0.25, 0.3) is 17.2 Å². The molecule has 200 valence electrons. The van der Waals surface area contributed by atoms with Crippen molar-refractivity contribution in [2.24, 2.45) is 17.8 Å². The molecule has 0 unspecified atom stereocenters. The van der Waals surface area contributed by atoms with Crippen molar-refractivity contribution in [3.63, 3.8) is 0 Å². The minimum absolute atomic E-state index is 0.125. The average molecular weight is 546 g/mol. The van der Waals surface area contributed by atoms with Crippen LogP contribution in [0.3, 0.4) is 0 Å². The molecule has 0 aromatic heterocycles. The zero-order chi connectivity index (χ0) is 26.9. The Morgan fingerprint density at radius 1 is 0.974 bits per heavy atom. The molecular formula is C32H39NO3SSi. The molecule has 4 saturated carbocycles. The molecule has 7 rings (SSSR count). The molecular weight excluding hydrogens is 507 g/mol. The van der Waals surface area contributed by atoms with Gasteiger partial charge in [-0.1, -0.05) is 51.1 Å². The van der Waals surface area contributed by atoms with Crippen LogP contribution in [0.2, 0.25) is 18.1 Å². The molecule has 38 heavy (non-hydrogen) atoms. The van der Waals surface area contributed by atoms with Gasteiger partial charge >= 0.3 is 0 Å². The first-order valence-electron chi connectivity index (χ1n) is 14.1. The van der Waals surface area contributed by atoms with Gasteiger partial charge in [-0.25, -0.2) is 0 Å². The lowest BCUT2D eigenvalue weighted by Gasteiger charge is -2.57. The van der Waals surface area contributed by atoms with E-state index < -0.39 is 8.32 Å². The largest absolute Gasteiger partial charge is 0.543 e. The van der Waals surface area contributed by atoms with E-state index in [2.05, 4.69) is 69.5 Å². The van der Waals surface area contributed by atoms with Crippen LogP contribution in [0.1, 0.15) is 70.4 Å². The van der Waals surface area contributed by atoms with Crippen LogP contribution in [-0.2, 0) is 10.2 Å². The van der Waals surface area contributed by atoms with Crippen molar-refractivity contribution in [2.45, 2.75) is 82.8 Å². The van der Waals surface area contributed by atoms with Crippen molar-refractivity contribution in [3.8, 4) is 16.9 Å². The first-order chi connectivity index (χ1) is 17.9. The second kappa shape index (κ2) is 9.12. The van der Waals surface area contributed by atoms with Crippen LogP contribution in [-0.4, -0.2) is 19.5 Å². The van der Waals surface area contributed by atoms with Crippen LogP contribution in [0.4, 0.5) is 4.79 Å². The van der Waals surface area contributed by atoms with Crippen LogP contribution in [0, 0.1) is 17.8 Å². The van der Waals surface area contributed by atoms with Gasteiger partial charge in [-0.3, -0.25) is 14.9 Å². The van der Waals surface area contributed by atoms with Crippen LogP contribution < -0.4 is 9.74 Å². The summed E-state index contributed by atoms with van der Waals surface area (Å²) in [6.07, 6.45) is 9.91. The Morgan fingerprint density at radius 3 is 2.18 bits per heavy atom. The first kappa shape index (κ1) is 25.9. The summed E-state index contributed by atoms with van der Waals surface area (Å²) in [5, 5.41) is 2.19. The van der Waals surface area contributed by atoms with Crippen molar-refractivity contribution in [2.75, 3.05) is 0 Å². The Kier molecular flexibility index (Phi) is 6.23. The SMILES string of the molecule is CC(C)(C)[Si](C)(C)Oc1ccc(-c2ccccc2C=C2SC(=O)NC2=O)cc1C12CC3CC(CC(C3)C1)C2. The summed E-state index contributed by atoms with van der Waals surface area (Å²) in [5.74, 6) is 3.31. The zero-order valence-corrected chi connectivity index (χ0v) is 25.0. The van der Waals surface area contributed by atoms with Gasteiger partial charge in [0.05, 0.1) is 4.91 Å². The maximum absolute atomic E-state index is 12.3. The summed E-state index contributed by atoms with van der Waals surface area (Å²) in [4.78, 5) is 24.5. The van der Waals surface area contributed by atoms with E-state index in [1.807, 2.05) is 18.2 Å².